The molecule has 1 aliphatic heterocycles. The number of fused-ring (bicyclic) bond motifs is 1. The Hall–Kier alpha value is -1.22. The number of hydrogen-bond acceptors (Lipinski definition) is 3. The van der Waals surface area contributed by atoms with Gasteiger partial charge in [0, 0.05) is 11.5 Å². The minimum atomic E-state index is 0.169. The van der Waals surface area contributed by atoms with Gasteiger partial charge in [-0.2, -0.15) is 0 Å². The Morgan fingerprint density at radius 2 is 1.74 bits per heavy atom. The van der Waals surface area contributed by atoms with E-state index in [1.165, 1.54) is 76.3 Å². The molecule has 2 aliphatic carbocycles. The third kappa shape index (κ3) is 3.85. The van der Waals surface area contributed by atoms with Crippen molar-refractivity contribution in [3.8, 4) is 11.5 Å². The maximum atomic E-state index is 6.55. The van der Waals surface area contributed by atoms with Crippen LogP contribution in [0.2, 0.25) is 0 Å². The summed E-state index contributed by atoms with van der Waals surface area (Å²) in [6, 6.07) is 7.56. The van der Waals surface area contributed by atoms with Gasteiger partial charge in [-0.1, -0.05) is 25.3 Å². The first kappa shape index (κ1) is 19.1. The number of hydrogen-bond donors (Lipinski definition) is 0. The zero-order chi connectivity index (χ0) is 18.9. The van der Waals surface area contributed by atoms with Crippen LogP contribution in [0.25, 0.3) is 0 Å². The fraction of sp³-hybridized carbons (Fsp3) is 0.750. The van der Waals surface area contributed by atoms with E-state index in [0.717, 1.165) is 11.5 Å². The minimum Gasteiger partial charge on any atom is -0.487 e. The Bertz CT molecular complexity index is 633. The van der Waals surface area contributed by atoms with Gasteiger partial charge in [-0.05, 0) is 90.1 Å². The first-order chi connectivity index (χ1) is 13.1. The lowest BCUT2D eigenvalue weighted by atomic mass is 9.66. The van der Waals surface area contributed by atoms with Gasteiger partial charge in [-0.15, -0.1) is 0 Å². The summed E-state index contributed by atoms with van der Waals surface area (Å²) in [4.78, 5) is 2.60. The van der Waals surface area contributed by atoms with Gasteiger partial charge in [-0.25, -0.2) is 0 Å². The summed E-state index contributed by atoms with van der Waals surface area (Å²) in [5.41, 5.74) is 1.80. The molecular formula is C24H37NO2. The first-order valence-electron chi connectivity index (χ1n) is 11.3. The van der Waals surface area contributed by atoms with Crippen LogP contribution in [0.1, 0.15) is 83.6 Å². The van der Waals surface area contributed by atoms with E-state index in [-0.39, 0.29) is 6.10 Å². The molecule has 3 nitrogen and oxygen atoms in total. The zero-order valence-electron chi connectivity index (χ0n) is 17.5. The Morgan fingerprint density at radius 1 is 0.963 bits per heavy atom. The van der Waals surface area contributed by atoms with Gasteiger partial charge in [-0.3, -0.25) is 0 Å². The predicted molar refractivity (Wildman–Crippen MR) is 111 cm³/mol. The third-order valence-corrected chi connectivity index (χ3v) is 7.16. The SMILES string of the molecule is CC(C)Oc1ccc([C@@]23CCCCC2N(C)CC3)cc1OC1CCCCC1. The zero-order valence-corrected chi connectivity index (χ0v) is 17.5. The van der Waals surface area contributed by atoms with Crippen LogP contribution in [-0.2, 0) is 5.41 Å². The average Bonchev–Trinajstić information content (AvgIpc) is 3.02. The van der Waals surface area contributed by atoms with Crippen molar-refractivity contribution in [1.29, 1.82) is 0 Å². The molecule has 3 aliphatic rings. The molecule has 0 bridgehead atoms. The highest BCUT2D eigenvalue weighted by atomic mass is 16.5. The van der Waals surface area contributed by atoms with Gasteiger partial charge in [0.05, 0.1) is 12.2 Å². The van der Waals surface area contributed by atoms with Crippen LogP contribution in [-0.4, -0.2) is 36.7 Å². The maximum Gasteiger partial charge on any atom is 0.161 e. The lowest BCUT2D eigenvalue weighted by Gasteiger charge is -2.42. The smallest absolute Gasteiger partial charge is 0.161 e. The van der Waals surface area contributed by atoms with Crippen molar-refractivity contribution in [3.63, 3.8) is 0 Å². The number of nitrogens with zero attached hydrogens (tertiary/aromatic N) is 1. The van der Waals surface area contributed by atoms with Gasteiger partial charge in [0.15, 0.2) is 11.5 Å². The molecule has 0 amide bonds. The highest BCUT2D eigenvalue weighted by Gasteiger charge is 2.48. The molecule has 4 rings (SSSR count). The summed E-state index contributed by atoms with van der Waals surface area (Å²) >= 11 is 0. The lowest BCUT2D eigenvalue weighted by Crippen LogP contribution is -2.43. The van der Waals surface area contributed by atoms with E-state index in [9.17, 15) is 0 Å². The van der Waals surface area contributed by atoms with Crippen LogP contribution in [0.3, 0.4) is 0 Å². The number of benzene rings is 1. The van der Waals surface area contributed by atoms with Crippen molar-refractivity contribution in [3.05, 3.63) is 23.8 Å². The van der Waals surface area contributed by atoms with Crippen molar-refractivity contribution in [2.75, 3.05) is 13.6 Å². The first-order valence-corrected chi connectivity index (χ1v) is 11.3. The summed E-state index contributed by atoms with van der Waals surface area (Å²) in [6.07, 6.45) is 13.5. The van der Waals surface area contributed by atoms with Crippen LogP contribution in [0.5, 0.6) is 11.5 Å². The highest BCUT2D eigenvalue weighted by molar-refractivity contribution is 5.47. The lowest BCUT2D eigenvalue weighted by molar-refractivity contribution is 0.140. The molecule has 0 spiro atoms. The molecule has 0 N–H and O–H groups in total. The quantitative estimate of drug-likeness (QED) is 0.662. The van der Waals surface area contributed by atoms with Crippen molar-refractivity contribution in [1.82, 2.24) is 4.90 Å². The van der Waals surface area contributed by atoms with Crippen molar-refractivity contribution in [2.24, 2.45) is 0 Å². The molecule has 2 atom stereocenters. The Kier molecular flexibility index (Phi) is 5.68. The molecular weight excluding hydrogens is 334 g/mol. The van der Waals surface area contributed by atoms with Crippen LogP contribution in [0, 0.1) is 0 Å². The van der Waals surface area contributed by atoms with Gasteiger partial charge in [0.1, 0.15) is 0 Å². The van der Waals surface area contributed by atoms with E-state index in [2.05, 4.69) is 44.0 Å². The van der Waals surface area contributed by atoms with E-state index in [4.69, 9.17) is 9.47 Å². The number of likely N-dealkylation sites (tertiary alicyclic amines) is 1. The molecule has 0 aromatic heterocycles. The second-order valence-corrected chi connectivity index (χ2v) is 9.35. The van der Waals surface area contributed by atoms with Gasteiger partial charge in [0.25, 0.3) is 0 Å². The topological polar surface area (TPSA) is 21.7 Å². The fourth-order valence-electron chi connectivity index (χ4n) is 5.79. The van der Waals surface area contributed by atoms with Gasteiger partial charge in [0.2, 0.25) is 0 Å². The molecule has 1 aromatic carbocycles. The van der Waals surface area contributed by atoms with Crippen LogP contribution >= 0.6 is 0 Å². The molecule has 2 saturated carbocycles. The summed E-state index contributed by atoms with van der Waals surface area (Å²) in [7, 11) is 2.31. The standard InChI is InChI=1S/C24H37NO2/c1-18(2)26-21-13-12-19(17-22(21)27-20-9-5-4-6-10-20)24-14-8-7-11-23(24)25(3)16-15-24/h12-13,17-18,20,23H,4-11,14-16H2,1-3H3/t23?,24-/m0/s1. The summed E-state index contributed by atoms with van der Waals surface area (Å²) in [5.74, 6) is 1.91. The van der Waals surface area contributed by atoms with Crippen LogP contribution < -0.4 is 9.47 Å². The number of rotatable bonds is 5. The molecule has 3 heteroatoms. The van der Waals surface area contributed by atoms with E-state index in [1.807, 2.05) is 0 Å². The second-order valence-electron chi connectivity index (χ2n) is 9.35. The molecule has 27 heavy (non-hydrogen) atoms. The molecule has 1 aromatic rings. The molecule has 150 valence electrons. The third-order valence-electron chi connectivity index (χ3n) is 7.16. The minimum absolute atomic E-state index is 0.169. The molecule has 1 heterocycles. The average molecular weight is 372 g/mol. The Balaban J connectivity index is 1.66. The molecule has 3 fully saturated rings. The van der Waals surface area contributed by atoms with E-state index in [1.54, 1.807) is 0 Å². The van der Waals surface area contributed by atoms with Gasteiger partial charge >= 0.3 is 0 Å². The molecule has 1 saturated heterocycles. The molecule has 1 unspecified atom stereocenters. The maximum absolute atomic E-state index is 6.55. The number of likely N-dealkylation sites (N-methyl/N-ethyl adjacent to an activating group) is 1. The highest BCUT2D eigenvalue weighted by Crippen LogP contribution is 2.50. The van der Waals surface area contributed by atoms with Gasteiger partial charge < -0.3 is 14.4 Å². The van der Waals surface area contributed by atoms with Crippen molar-refractivity contribution >= 4 is 0 Å². The number of ether oxygens (including phenoxy) is 2. The Labute approximate surface area is 165 Å². The normalized spacial score (nSPS) is 29.7. The fourth-order valence-corrected chi connectivity index (χ4v) is 5.79. The summed E-state index contributed by atoms with van der Waals surface area (Å²) in [6.45, 7) is 5.41. The van der Waals surface area contributed by atoms with E-state index >= 15 is 0 Å². The predicted octanol–water partition coefficient (Wildman–Crippen LogP) is 5.70. The summed E-state index contributed by atoms with van der Waals surface area (Å²) < 4.78 is 12.7. The van der Waals surface area contributed by atoms with Crippen LogP contribution in [0.4, 0.5) is 0 Å². The Morgan fingerprint density at radius 3 is 2.52 bits per heavy atom. The van der Waals surface area contributed by atoms with Crippen molar-refractivity contribution < 1.29 is 9.47 Å². The second kappa shape index (κ2) is 8.03. The van der Waals surface area contributed by atoms with E-state index in [0.29, 0.717) is 17.6 Å². The summed E-state index contributed by atoms with van der Waals surface area (Å²) in [5, 5.41) is 0. The monoisotopic (exact) mass is 371 g/mol. The largest absolute Gasteiger partial charge is 0.487 e. The van der Waals surface area contributed by atoms with Crippen molar-refractivity contribution in [2.45, 2.75) is 102 Å². The van der Waals surface area contributed by atoms with Crippen LogP contribution in [0.15, 0.2) is 18.2 Å². The molecule has 0 radical (unpaired) electrons. The van der Waals surface area contributed by atoms with E-state index < -0.39 is 0 Å².